The number of fused-ring (bicyclic) bond motifs is 1. The van der Waals surface area contributed by atoms with Gasteiger partial charge in [-0.05, 0) is 25.7 Å². The molecule has 0 aromatic heterocycles. The van der Waals surface area contributed by atoms with Crippen molar-refractivity contribution in [2.75, 3.05) is 6.54 Å². The molecule has 1 aliphatic carbocycles. The molecule has 1 aliphatic heterocycles. The molecule has 2 fully saturated rings. The molecular weight excluding hydrogens is 182 g/mol. The van der Waals surface area contributed by atoms with Crippen LogP contribution in [0.25, 0.3) is 0 Å². The van der Waals surface area contributed by atoms with E-state index in [-0.39, 0.29) is 24.3 Å². The van der Waals surface area contributed by atoms with E-state index in [2.05, 4.69) is 0 Å². The lowest BCUT2D eigenvalue weighted by Crippen LogP contribution is -2.44. The average molecular weight is 197 g/mol. The number of piperidine rings is 1. The average Bonchev–Trinajstić information content (AvgIpc) is 2.82. The monoisotopic (exact) mass is 197 g/mol. The van der Waals surface area contributed by atoms with Crippen molar-refractivity contribution in [3.8, 4) is 0 Å². The normalized spacial score (nSPS) is 32.4. The highest BCUT2D eigenvalue weighted by molar-refractivity contribution is 5.83. The van der Waals surface area contributed by atoms with Gasteiger partial charge in [0.05, 0.1) is 6.42 Å². The van der Waals surface area contributed by atoms with Crippen molar-refractivity contribution in [1.82, 2.24) is 4.90 Å². The number of nitrogens with zero attached hydrogens (tertiary/aromatic N) is 1. The molecule has 3 atom stereocenters. The Morgan fingerprint density at radius 1 is 1.71 bits per heavy atom. The van der Waals surface area contributed by atoms with Gasteiger partial charge in [-0.1, -0.05) is 0 Å². The van der Waals surface area contributed by atoms with Crippen molar-refractivity contribution in [2.45, 2.75) is 32.2 Å². The van der Waals surface area contributed by atoms with E-state index in [1.165, 1.54) is 0 Å². The van der Waals surface area contributed by atoms with Gasteiger partial charge in [0.1, 0.15) is 0 Å². The number of carboxylic acid groups (broad SMARTS) is 1. The molecule has 3 unspecified atom stereocenters. The molecular formula is C10H15NO3. The zero-order chi connectivity index (χ0) is 10.3. The van der Waals surface area contributed by atoms with Crippen LogP contribution in [-0.2, 0) is 9.59 Å². The van der Waals surface area contributed by atoms with E-state index in [1.807, 2.05) is 6.92 Å². The minimum absolute atomic E-state index is 0.0587. The molecule has 1 amide bonds. The Morgan fingerprint density at radius 3 is 3.07 bits per heavy atom. The SMILES string of the molecule is CC(CC(=O)O)N1CCC2CC2C1=O. The highest BCUT2D eigenvalue weighted by Crippen LogP contribution is 2.46. The molecule has 0 spiro atoms. The predicted octanol–water partition coefficient (Wildman–Crippen LogP) is 0.718. The summed E-state index contributed by atoms with van der Waals surface area (Å²) in [5.74, 6) is 0.175. The number of carboxylic acids is 1. The van der Waals surface area contributed by atoms with E-state index in [9.17, 15) is 9.59 Å². The van der Waals surface area contributed by atoms with Gasteiger partial charge >= 0.3 is 5.97 Å². The van der Waals surface area contributed by atoms with Crippen molar-refractivity contribution >= 4 is 11.9 Å². The molecule has 4 nitrogen and oxygen atoms in total. The third-order valence-corrected chi connectivity index (χ3v) is 3.27. The van der Waals surface area contributed by atoms with E-state index in [1.54, 1.807) is 4.90 Å². The van der Waals surface area contributed by atoms with Crippen molar-refractivity contribution in [1.29, 1.82) is 0 Å². The maximum Gasteiger partial charge on any atom is 0.305 e. The van der Waals surface area contributed by atoms with Crippen LogP contribution in [0.2, 0.25) is 0 Å². The van der Waals surface area contributed by atoms with Gasteiger partial charge in [-0.15, -0.1) is 0 Å². The summed E-state index contributed by atoms with van der Waals surface area (Å²) in [6.45, 7) is 2.56. The van der Waals surface area contributed by atoms with Gasteiger partial charge in [-0.3, -0.25) is 9.59 Å². The van der Waals surface area contributed by atoms with Crippen molar-refractivity contribution in [3.63, 3.8) is 0 Å². The fourth-order valence-electron chi connectivity index (χ4n) is 2.30. The maximum atomic E-state index is 11.7. The fourth-order valence-corrected chi connectivity index (χ4v) is 2.30. The second-order valence-electron chi connectivity index (χ2n) is 4.37. The summed E-state index contributed by atoms with van der Waals surface area (Å²) in [6, 6.07) is -0.151. The number of aliphatic carboxylic acids is 1. The van der Waals surface area contributed by atoms with Gasteiger partial charge in [0.15, 0.2) is 0 Å². The summed E-state index contributed by atoms with van der Waals surface area (Å²) >= 11 is 0. The van der Waals surface area contributed by atoms with E-state index < -0.39 is 5.97 Å². The largest absolute Gasteiger partial charge is 0.481 e. The molecule has 0 aromatic carbocycles. The minimum atomic E-state index is -0.830. The molecule has 1 N–H and O–H groups in total. The molecule has 2 rings (SSSR count). The minimum Gasteiger partial charge on any atom is -0.481 e. The third kappa shape index (κ3) is 1.61. The molecule has 0 radical (unpaired) electrons. The van der Waals surface area contributed by atoms with Gasteiger partial charge in [0.2, 0.25) is 5.91 Å². The smallest absolute Gasteiger partial charge is 0.305 e. The van der Waals surface area contributed by atoms with Crippen LogP contribution < -0.4 is 0 Å². The molecule has 1 saturated carbocycles. The Hall–Kier alpha value is -1.06. The number of likely N-dealkylation sites (tertiary alicyclic amines) is 1. The first-order chi connectivity index (χ1) is 6.59. The topological polar surface area (TPSA) is 57.6 Å². The van der Waals surface area contributed by atoms with Crippen molar-refractivity contribution in [2.24, 2.45) is 11.8 Å². The summed E-state index contributed by atoms with van der Waals surface area (Å²) in [6.07, 6.45) is 2.14. The Labute approximate surface area is 82.9 Å². The molecule has 1 heterocycles. The zero-order valence-electron chi connectivity index (χ0n) is 8.27. The Bertz CT molecular complexity index is 277. The number of rotatable bonds is 3. The van der Waals surface area contributed by atoms with Crippen LogP contribution in [0.4, 0.5) is 0 Å². The lowest BCUT2D eigenvalue weighted by molar-refractivity contribution is -0.142. The number of carbonyl (C=O) groups is 2. The Morgan fingerprint density at radius 2 is 2.43 bits per heavy atom. The van der Waals surface area contributed by atoms with Gasteiger partial charge in [-0.25, -0.2) is 0 Å². The van der Waals surface area contributed by atoms with Crippen LogP contribution in [-0.4, -0.2) is 34.5 Å². The van der Waals surface area contributed by atoms with Crippen LogP contribution in [0.15, 0.2) is 0 Å². The van der Waals surface area contributed by atoms with Crippen LogP contribution in [0, 0.1) is 11.8 Å². The van der Waals surface area contributed by atoms with E-state index in [4.69, 9.17) is 5.11 Å². The van der Waals surface area contributed by atoms with Gasteiger partial charge in [0.25, 0.3) is 0 Å². The first-order valence-electron chi connectivity index (χ1n) is 5.12. The second-order valence-corrected chi connectivity index (χ2v) is 4.37. The van der Waals surface area contributed by atoms with E-state index >= 15 is 0 Å². The van der Waals surface area contributed by atoms with Gasteiger partial charge < -0.3 is 10.0 Å². The number of hydrogen-bond acceptors (Lipinski definition) is 2. The van der Waals surface area contributed by atoms with Crippen LogP contribution in [0.5, 0.6) is 0 Å². The first-order valence-corrected chi connectivity index (χ1v) is 5.12. The van der Waals surface area contributed by atoms with Gasteiger partial charge in [-0.2, -0.15) is 0 Å². The lowest BCUT2D eigenvalue weighted by atomic mass is 10.1. The zero-order valence-corrected chi connectivity index (χ0v) is 8.27. The van der Waals surface area contributed by atoms with Crippen molar-refractivity contribution < 1.29 is 14.7 Å². The third-order valence-electron chi connectivity index (χ3n) is 3.27. The summed E-state index contributed by atoms with van der Waals surface area (Å²) in [4.78, 5) is 24.0. The molecule has 4 heteroatoms. The summed E-state index contributed by atoms with van der Waals surface area (Å²) in [7, 11) is 0. The Kier molecular flexibility index (Phi) is 2.21. The molecule has 0 bridgehead atoms. The van der Waals surface area contributed by atoms with Crippen LogP contribution >= 0.6 is 0 Å². The number of carbonyl (C=O) groups excluding carboxylic acids is 1. The highest BCUT2D eigenvalue weighted by atomic mass is 16.4. The van der Waals surface area contributed by atoms with Gasteiger partial charge in [0, 0.05) is 18.5 Å². The first kappa shape index (κ1) is 9.49. The molecule has 14 heavy (non-hydrogen) atoms. The molecule has 78 valence electrons. The molecule has 2 aliphatic rings. The quantitative estimate of drug-likeness (QED) is 0.725. The van der Waals surface area contributed by atoms with Crippen molar-refractivity contribution in [3.05, 3.63) is 0 Å². The second kappa shape index (κ2) is 3.26. The van der Waals surface area contributed by atoms with Crippen LogP contribution in [0.1, 0.15) is 26.2 Å². The summed E-state index contributed by atoms with van der Waals surface area (Å²) in [5.41, 5.74) is 0. The van der Waals surface area contributed by atoms with E-state index in [0.717, 1.165) is 19.4 Å². The van der Waals surface area contributed by atoms with Crippen LogP contribution in [0.3, 0.4) is 0 Å². The predicted molar refractivity (Wildman–Crippen MR) is 49.6 cm³/mol. The molecule has 0 aromatic rings. The number of amides is 1. The summed E-state index contributed by atoms with van der Waals surface area (Å²) in [5, 5.41) is 8.64. The van der Waals surface area contributed by atoms with E-state index in [0.29, 0.717) is 5.92 Å². The fraction of sp³-hybridized carbons (Fsp3) is 0.800. The molecule has 1 saturated heterocycles. The highest BCUT2D eigenvalue weighted by Gasteiger charge is 2.48. The number of hydrogen-bond donors (Lipinski definition) is 1. The summed E-state index contributed by atoms with van der Waals surface area (Å²) < 4.78 is 0. The standard InChI is InChI=1S/C10H15NO3/c1-6(4-9(12)13)11-3-2-7-5-8(7)10(11)14/h6-8H,2-5H2,1H3,(H,12,13). The maximum absolute atomic E-state index is 11.7. The Balaban J connectivity index is 1.95. The lowest BCUT2D eigenvalue weighted by Gasteiger charge is -2.31.